The molecule has 0 saturated carbocycles. The predicted octanol–water partition coefficient (Wildman–Crippen LogP) is 5.05. The van der Waals surface area contributed by atoms with E-state index in [-0.39, 0.29) is 23.4 Å². The van der Waals surface area contributed by atoms with E-state index in [0.29, 0.717) is 35.8 Å². The van der Waals surface area contributed by atoms with E-state index in [2.05, 4.69) is 5.32 Å². The Balaban J connectivity index is 2.11. The number of carbonyl (C=O) groups is 2. The van der Waals surface area contributed by atoms with Crippen molar-refractivity contribution in [3.63, 3.8) is 0 Å². The summed E-state index contributed by atoms with van der Waals surface area (Å²) in [4.78, 5) is 27.4. The molecule has 0 aliphatic rings. The Bertz CT molecular complexity index is 832. The number of amides is 2. The summed E-state index contributed by atoms with van der Waals surface area (Å²) in [5, 5.41) is 3.51. The molecule has 2 aromatic carbocycles. The second-order valence-corrected chi connectivity index (χ2v) is 8.37. The third kappa shape index (κ3) is 7.33. The number of thioether (sulfide) groups is 1. The lowest BCUT2D eigenvalue weighted by Gasteiger charge is -2.30. The molecule has 1 atom stereocenters. The number of halogens is 2. The van der Waals surface area contributed by atoms with Gasteiger partial charge in [-0.3, -0.25) is 9.59 Å². The molecule has 0 aliphatic heterocycles. The minimum Gasteiger partial charge on any atom is -0.354 e. The molecule has 7 heteroatoms. The summed E-state index contributed by atoms with van der Waals surface area (Å²) in [6.45, 7) is 4.76. The molecule has 1 N–H and O–H groups in total. The molecule has 0 saturated heterocycles. The van der Waals surface area contributed by atoms with Gasteiger partial charge in [0.05, 0.1) is 5.75 Å². The molecule has 0 spiro atoms. The molecule has 0 heterocycles. The smallest absolute Gasteiger partial charge is 0.242 e. The van der Waals surface area contributed by atoms with Crippen LogP contribution in [0.2, 0.25) is 5.02 Å². The summed E-state index contributed by atoms with van der Waals surface area (Å²) >= 11 is 7.31. The van der Waals surface area contributed by atoms with Crippen LogP contribution >= 0.6 is 23.4 Å². The third-order valence-electron chi connectivity index (χ3n) is 4.64. The Kier molecular flexibility index (Phi) is 10.2. The molecule has 0 radical (unpaired) electrons. The largest absolute Gasteiger partial charge is 0.354 e. The van der Waals surface area contributed by atoms with E-state index in [4.69, 9.17) is 11.6 Å². The summed E-state index contributed by atoms with van der Waals surface area (Å²) in [5.41, 5.74) is 1.46. The van der Waals surface area contributed by atoms with E-state index >= 15 is 0 Å². The van der Waals surface area contributed by atoms with Crippen LogP contribution in [0.15, 0.2) is 48.5 Å². The van der Waals surface area contributed by atoms with Gasteiger partial charge in [-0.25, -0.2) is 4.39 Å². The molecule has 2 rings (SSSR count). The highest BCUT2D eigenvalue weighted by Crippen LogP contribution is 2.19. The molecule has 4 nitrogen and oxygen atoms in total. The van der Waals surface area contributed by atoms with Crippen LogP contribution < -0.4 is 5.32 Å². The standard InChI is InChI=1S/C23H28ClFN2O2S/c1-3-13-26-23(29)21(4-2)27(14-17-9-11-19(24)12-10-17)22(28)16-30-15-18-7-5-6-8-20(18)25/h5-12,21H,3-4,13-16H2,1-2H3,(H,26,29). The lowest BCUT2D eigenvalue weighted by atomic mass is 10.1. The maximum atomic E-state index is 13.8. The van der Waals surface area contributed by atoms with Crippen LogP contribution in [0, 0.1) is 5.82 Å². The van der Waals surface area contributed by atoms with Crippen molar-refractivity contribution in [1.29, 1.82) is 0 Å². The van der Waals surface area contributed by atoms with Crippen LogP contribution in [0.5, 0.6) is 0 Å². The first-order valence-electron chi connectivity index (χ1n) is 10.1. The predicted molar refractivity (Wildman–Crippen MR) is 122 cm³/mol. The van der Waals surface area contributed by atoms with Gasteiger partial charge < -0.3 is 10.2 Å². The van der Waals surface area contributed by atoms with E-state index in [9.17, 15) is 14.0 Å². The minimum absolute atomic E-state index is 0.148. The van der Waals surface area contributed by atoms with Crippen molar-refractivity contribution >= 4 is 35.2 Å². The zero-order valence-corrected chi connectivity index (χ0v) is 18.9. The van der Waals surface area contributed by atoms with Crippen LogP contribution in [0.3, 0.4) is 0 Å². The third-order valence-corrected chi connectivity index (χ3v) is 5.86. The van der Waals surface area contributed by atoms with Crippen molar-refractivity contribution < 1.29 is 14.0 Å². The van der Waals surface area contributed by atoms with Gasteiger partial charge in [0, 0.05) is 23.9 Å². The summed E-state index contributed by atoms with van der Waals surface area (Å²) < 4.78 is 13.8. The number of nitrogens with zero attached hydrogens (tertiary/aromatic N) is 1. The van der Waals surface area contributed by atoms with Gasteiger partial charge in [0.1, 0.15) is 11.9 Å². The second-order valence-electron chi connectivity index (χ2n) is 6.95. The monoisotopic (exact) mass is 450 g/mol. The number of hydrogen-bond donors (Lipinski definition) is 1. The first-order valence-corrected chi connectivity index (χ1v) is 11.6. The Hall–Kier alpha value is -2.05. The molecule has 30 heavy (non-hydrogen) atoms. The average Bonchev–Trinajstić information content (AvgIpc) is 2.74. The lowest BCUT2D eigenvalue weighted by molar-refractivity contribution is -0.139. The van der Waals surface area contributed by atoms with Crippen LogP contribution in [-0.4, -0.2) is 35.1 Å². The van der Waals surface area contributed by atoms with Gasteiger partial charge in [-0.2, -0.15) is 0 Å². The van der Waals surface area contributed by atoms with Crippen molar-refractivity contribution in [2.75, 3.05) is 12.3 Å². The number of hydrogen-bond acceptors (Lipinski definition) is 3. The highest BCUT2D eigenvalue weighted by atomic mass is 35.5. The van der Waals surface area contributed by atoms with Crippen LogP contribution in [0.4, 0.5) is 4.39 Å². The molecular formula is C23H28ClFN2O2S. The zero-order valence-electron chi connectivity index (χ0n) is 17.4. The molecule has 1 unspecified atom stereocenters. The molecule has 0 bridgehead atoms. The normalized spacial score (nSPS) is 11.7. The number of rotatable bonds is 11. The highest BCUT2D eigenvalue weighted by molar-refractivity contribution is 7.99. The first-order chi connectivity index (χ1) is 14.5. The molecule has 0 fully saturated rings. The Labute approximate surface area is 187 Å². The van der Waals surface area contributed by atoms with Crippen molar-refractivity contribution in [2.45, 2.75) is 45.0 Å². The summed E-state index contributed by atoms with van der Waals surface area (Å²) in [6, 6.07) is 13.2. The van der Waals surface area contributed by atoms with E-state index in [0.717, 1.165) is 12.0 Å². The Morgan fingerprint density at radius 3 is 2.47 bits per heavy atom. The van der Waals surface area contributed by atoms with Gasteiger partial charge in [0.2, 0.25) is 11.8 Å². The van der Waals surface area contributed by atoms with Crippen molar-refractivity contribution in [3.05, 3.63) is 70.5 Å². The molecular weight excluding hydrogens is 423 g/mol. The summed E-state index contributed by atoms with van der Waals surface area (Å²) in [6.07, 6.45) is 1.33. The van der Waals surface area contributed by atoms with Crippen LogP contribution in [0.25, 0.3) is 0 Å². The minimum atomic E-state index is -0.561. The topological polar surface area (TPSA) is 49.4 Å². The van der Waals surface area contributed by atoms with Gasteiger partial charge in [0.25, 0.3) is 0 Å². The van der Waals surface area contributed by atoms with Gasteiger partial charge in [0.15, 0.2) is 0 Å². The van der Waals surface area contributed by atoms with Crippen molar-refractivity contribution in [1.82, 2.24) is 10.2 Å². The molecule has 2 aromatic rings. The quantitative estimate of drug-likeness (QED) is 0.521. The van der Waals surface area contributed by atoms with E-state index in [1.54, 1.807) is 35.2 Å². The molecule has 2 amide bonds. The fourth-order valence-electron chi connectivity index (χ4n) is 3.02. The van der Waals surface area contributed by atoms with E-state index in [1.165, 1.54) is 17.8 Å². The zero-order chi connectivity index (χ0) is 21.9. The highest BCUT2D eigenvalue weighted by Gasteiger charge is 2.28. The molecule has 162 valence electrons. The Morgan fingerprint density at radius 2 is 1.83 bits per heavy atom. The molecule has 0 aromatic heterocycles. The summed E-state index contributed by atoms with van der Waals surface area (Å²) in [5.74, 6) is -0.0164. The van der Waals surface area contributed by atoms with Gasteiger partial charge in [-0.05, 0) is 42.2 Å². The fraction of sp³-hybridized carbons (Fsp3) is 0.391. The summed E-state index contributed by atoms with van der Waals surface area (Å²) in [7, 11) is 0. The van der Waals surface area contributed by atoms with Gasteiger partial charge >= 0.3 is 0 Å². The number of benzene rings is 2. The second kappa shape index (κ2) is 12.6. The first kappa shape index (κ1) is 24.2. The number of nitrogens with one attached hydrogen (secondary N) is 1. The average molecular weight is 451 g/mol. The maximum Gasteiger partial charge on any atom is 0.242 e. The van der Waals surface area contributed by atoms with E-state index < -0.39 is 6.04 Å². The van der Waals surface area contributed by atoms with Gasteiger partial charge in [-0.15, -0.1) is 11.8 Å². The van der Waals surface area contributed by atoms with Crippen molar-refractivity contribution in [3.8, 4) is 0 Å². The lowest BCUT2D eigenvalue weighted by Crippen LogP contribution is -2.49. The van der Waals surface area contributed by atoms with Crippen LogP contribution in [0.1, 0.15) is 37.8 Å². The SMILES string of the molecule is CCCNC(=O)C(CC)N(Cc1ccc(Cl)cc1)C(=O)CSCc1ccccc1F. The van der Waals surface area contributed by atoms with E-state index in [1.807, 2.05) is 26.0 Å². The number of carbonyl (C=O) groups excluding carboxylic acids is 2. The van der Waals surface area contributed by atoms with Crippen molar-refractivity contribution in [2.24, 2.45) is 0 Å². The van der Waals surface area contributed by atoms with Crippen LogP contribution in [-0.2, 0) is 21.9 Å². The maximum absolute atomic E-state index is 13.8. The van der Waals surface area contributed by atoms with Gasteiger partial charge in [-0.1, -0.05) is 55.8 Å². The fourth-order valence-corrected chi connectivity index (χ4v) is 4.04. The Morgan fingerprint density at radius 1 is 1.13 bits per heavy atom. The molecule has 0 aliphatic carbocycles.